The van der Waals surface area contributed by atoms with Crippen LogP contribution < -0.4 is 15.4 Å². The lowest BCUT2D eigenvalue weighted by atomic mass is 10.1. The number of nitrogens with zero attached hydrogens (tertiary/aromatic N) is 1. The highest BCUT2D eigenvalue weighted by Crippen LogP contribution is 2.35. The molecule has 0 radical (unpaired) electrons. The summed E-state index contributed by atoms with van der Waals surface area (Å²) in [5.74, 6) is -0.766. The number of rotatable bonds is 6. The van der Waals surface area contributed by atoms with Crippen LogP contribution in [0.4, 0.5) is 10.5 Å². The number of carbonyl (C=O) groups is 3. The molecule has 156 valence electrons. The Bertz CT molecular complexity index is 1030. The summed E-state index contributed by atoms with van der Waals surface area (Å²) in [4.78, 5) is 37.9. The monoisotopic (exact) mass is 447 g/mol. The van der Waals surface area contributed by atoms with Crippen LogP contribution in [0.5, 0.6) is 5.75 Å². The molecule has 1 aliphatic rings. The Hall–Kier alpha value is -3.03. The van der Waals surface area contributed by atoms with E-state index in [1.807, 2.05) is 13.0 Å². The van der Waals surface area contributed by atoms with Gasteiger partial charge in [0.2, 0.25) is 5.91 Å². The second-order valence-electron chi connectivity index (χ2n) is 6.54. The molecular weight excluding hydrogens is 429 g/mol. The highest BCUT2D eigenvalue weighted by Gasteiger charge is 2.35. The summed E-state index contributed by atoms with van der Waals surface area (Å²) in [6.07, 6.45) is 1.44. The molecule has 0 aromatic heterocycles. The lowest BCUT2D eigenvalue weighted by molar-refractivity contribution is -0.127. The molecule has 1 fully saturated rings. The molecule has 7 nitrogen and oxygen atoms in total. The Morgan fingerprint density at radius 2 is 1.90 bits per heavy atom. The lowest BCUT2D eigenvalue weighted by Gasteiger charge is -2.12. The topological polar surface area (TPSA) is 87.7 Å². The fourth-order valence-electron chi connectivity index (χ4n) is 2.89. The zero-order chi connectivity index (χ0) is 21.8. The first-order chi connectivity index (χ1) is 14.3. The summed E-state index contributed by atoms with van der Waals surface area (Å²) in [7, 11) is 0. The van der Waals surface area contributed by atoms with Gasteiger partial charge >= 0.3 is 6.03 Å². The van der Waals surface area contributed by atoms with Crippen molar-refractivity contribution in [3.63, 3.8) is 0 Å². The Kier molecular flexibility index (Phi) is 6.64. The van der Waals surface area contributed by atoms with Crippen molar-refractivity contribution in [2.24, 2.45) is 0 Å². The molecule has 2 aromatic rings. The predicted molar refractivity (Wildman–Crippen MR) is 116 cm³/mol. The number of hydrogen-bond acceptors (Lipinski definition) is 4. The number of carbonyl (C=O) groups excluding carboxylic acids is 3. The van der Waals surface area contributed by atoms with Gasteiger partial charge in [-0.05, 0) is 55.3 Å². The third-order valence-electron chi connectivity index (χ3n) is 4.19. The summed E-state index contributed by atoms with van der Waals surface area (Å²) in [6.45, 7) is 3.68. The number of nitrogens with one attached hydrogen (secondary N) is 2. The normalized spacial score (nSPS) is 14.8. The van der Waals surface area contributed by atoms with Crippen LogP contribution in [0, 0.1) is 6.92 Å². The van der Waals surface area contributed by atoms with Crippen LogP contribution in [-0.4, -0.2) is 35.9 Å². The minimum atomic E-state index is -0.686. The number of imide groups is 1. The van der Waals surface area contributed by atoms with Crippen molar-refractivity contribution in [1.82, 2.24) is 10.2 Å². The molecule has 0 atom stereocenters. The van der Waals surface area contributed by atoms with Gasteiger partial charge in [-0.25, -0.2) is 9.69 Å². The SMILES string of the molecule is CCOc1c(Cl)cc(/C=C2/NC(=O)N(CC(=O)Nc3cccc(C)c3)C2=O)cc1Cl. The van der Waals surface area contributed by atoms with Gasteiger partial charge in [0.25, 0.3) is 5.91 Å². The summed E-state index contributed by atoms with van der Waals surface area (Å²) in [5, 5.41) is 5.69. The van der Waals surface area contributed by atoms with E-state index in [0.717, 1.165) is 10.5 Å². The molecule has 2 aromatic carbocycles. The van der Waals surface area contributed by atoms with Crippen molar-refractivity contribution in [3.8, 4) is 5.75 Å². The van der Waals surface area contributed by atoms with Crippen LogP contribution in [0.25, 0.3) is 6.08 Å². The first-order valence-electron chi connectivity index (χ1n) is 9.11. The molecule has 0 unspecified atom stereocenters. The fraction of sp³-hybridized carbons (Fsp3) is 0.190. The van der Waals surface area contributed by atoms with E-state index in [4.69, 9.17) is 27.9 Å². The minimum Gasteiger partial charge on any atom is -0.491 e. The molecule has 4 amide bonds. The van der Waals surface area contributed by atoms with E-state index in [1.165, 1.54) is 6.08 Å². The molecule has 0 saturated carbocycles. The quantitative estimate of drug-likeness (QED) is 0.512. The molecule has 1 aliphatic heterocycles. The maximum Gasteiger partial charge on any atom is 0.329 e. The summed E-state index contributed by atoms with van der Waals surface area (Å²) < 4.78 is 5.37. The zero-order valence-electron chi connectivity index (χ0n) is 16.3. The van der Waals surface area contributed by atoms with Crippen LogP contribution in [0.3, 0.4) is 0 Å². The van der Waals surface area contributed by atoms with Gasteiger partial charge in [-0.3, -0.25) is 9.59 Å². The molecule has 1 heterocycles. The second-order valence-corrected chi connectivity index (χ2v) is 7.36. The number of urea groups is 1. The third kappa shape index (κ3) is 4.93. The molecule has 3 rings (SSSR count). The molecule has 9 heteroatoms. The maximum absolute atomic E-state index is 12.6. The van der Waals surface area contributed by atoms with E-state index in [2.05, 4.69) is 10.6 Å². The van der Waals surface area contributed by atoms with Crippen molar-refractivity contribution >= 4 is 52.8 Å². The molecule has 0 aliphatic carbocycles. The van der Waals surface area contributed by atoms with E-state index in [1.54, 1.807) is 37.3 Å². The first-order valence-corrected chi connectivity index (χ1v) is 9.87. The van der Waals surface area contributed by atoms with Crippen LogP contribution in [0.1, 0.15) is 18.1 Å². The molecule has 0 bridgehead atoms. The van der Waals surface area contributed by atoms with Crippen molar-refractivity contribution in [1.29, 1.82) is 0 Å². The van der Waals surface area contributed by atoms with Gasteiger partial charge in [0.05, 0.1) is 16.7 Å². The predicted octanol–water partition coefficient (Wildman–Crippen LogP) is 4.23. The van der Waals surface area contributed by atoms with Gasteiger partial charge < -0.3 is 15.4 Å². The van der Waals surface area contributed by atoms with Gasteiger partial charge in [-0.15, -0.1) is 0 Å². The first kappa shape index (κ1) is 21.7. The average Bonchev–Trinajstić information content (AvgIpc) is 2.92. The Balaban J connectivity index is 1.73. The molecule has 2 N–H and O–H groups in total. The van der Waals surface area contributed by atoms with Crippen molar-refractivity contribution < 1.29 is 19.1 Å². The smallest absolute Gasteiger partial charge is 0.329 e. The summed E-state index contributed by atoms with van der Waals surface area (Å²) in [6, 6.07) is 9.65. The highest BCUT2D eigenvalue weighted by atomic mass is 35.5. The molecule has 0 spiro atoms. The number of amides is 4. The Morgan fingerprint density at radius 3 is 2.53 bits per heavy atom. The summed E-state index contributed by atoms with van der Waals surface area (Å²) in [5.41, 5.74) is 2.07. The molecular formula is C21H19Cl2N3O4. The van der Waals surface area contributed by atoms with Crippen LogP contribution in [0.2, 0.25) is 10.0 Å². The van der Waals surface area contributed by atoms with Gasteiger partial charge in [0.1, 0.15) is 12.2 Å². The van der Waals surface area contributed by atoms with Crippen molar-refractivity contribution in [3.05, 3.63) is 63.3 Å². The van der Waals surface area contributed by atoms with E-state index in [9.17, 15) is 14.4 Å². The maximum atomic E-state index is 12.6. The van der Waals surface area contributed by atoms with Crippen LogP contribution in [0.15, 0.2) is 42.1 Å². The van der Waals surface area contributed by atoms with Gasteiger partial charge in [-0.2, -0.15) is 0 Å². The van der Waals surface area contributed by atoms with Gasteiger partial charge in [0.15, 0.2) is 5.75 Å². The van der Waals surface area contributed by atoms with Crippen molar-refractivity contribution in [2.45, 2.75) is 13.8 Å². The highest BCUT2D eigenvalue weighted by molar-refractivity contribution is 6.37. The van der Waals surface area contributed by atoms with Crippen LogP contribution >= 0.6 is 23.2 Å². The van der Waals surface area contributed by atoms with E-state index in [0.29, 0.717) is 23.6 Å². The van der Waals surface area contributed by atoms with Crippen LogP contribution in [-0.2, 0) is 9.59 Å². The lowest BCUT2D eigenvalue weighted by Crippen LogP contribution is -2.38. The van der Waals surface area contributed by atoms with E-state index < -0.39 is 24.4 Å². The minimum absolute atomic E-state index is 0.0136. The van der Waals surface area contributed by atoms with Crippen molar-refractivity contribution in [2.75, 3.05) is 18.5 Å². The number of benzene rings is 2. The van der Waals surface area contributed by atoms with Gasteiger partial charge in [-0.1, -0.05) is 35.3 Å². The number of aryl methyl sites for hydroxylation is 1. The Morgan fingerprint density at radius 1 is 1.20 bits per heavy atom. The van der Waals surface area contributed by atoms with E-state index in [-0.39, 0.29) is 15.7 Å². The Labute approximate surface area is 183 Å². The number of anilines is 1. The fourth-order valence-corrected chi connectivity index (χ4v) is 3.51. The molecule has 30 heavy (non-hydrogen) atoms. The van der Waals surface area contributed by atoms with Gasteiger partial charge in [0, 0.05) is 5.69 Å². The number of halogens is 2. The number of ether oxygens (including phenoxy) is 1. The third-order valence-corrected chi connectivity index (χ3v) is 4.75. The molecule has 1 saturated heterocycles. The van der Waals surface area contributed by atoms with E-state index >= 15 is 0 Å². The number of hydrogen-bond donors (Lipinski definition) is 2. The second kappa shape index (κ2) is 9.19. The largest absolute Gasteiger partial charge is 0.491 e. The summed E-state index contributed by atoms with van der Waals surface area (Å²) >= 11 is 12.4. The average molecular weight is 448 g/mol. The standard InChI is InChI=1S/C21H19Cl2N3O4/c1-3-30-19-15(22)8-13(9-16(19)23)10-17-20(28)26(21(29)25-17)11-18(27)24-14-6-4-5-12(2)7-14/h4-10H,3,11H2,1-2H3,(H,24,27)(H,25,29)/b17-10+. The zero-order valence-corrected chi connectivity index (χ0v) is 17.8.